The molecule has 0 saturated heterocycles. The zero-order chi connectivity index (χ0) is 68.9. The predicted octanol–water partition coefficient (Wildman–Crippen LogP) is 21.2. The summed E-state index contributed by atoms with van der Waals surface area (Å²) in [5, 5.41) is 17.6. The Hall–Kier alpha value is -4.36. The second kappa shape index (κ2) is 77.6. The smallest absolute Gasteiger partial charge is 0.306 e. The summed E-state index contributed by atoms with van der Waals surface area (Å²) in [6, 6.07) is 0. The summed E-state index contributed by atoms with van der Waals surface area (Å²) in [6.45, 7) is 6.30. The number of carbonyl (C=O) groups is 4. The fourth-order valence-electron chi connectivity index (χ4n) is 10.7. The molecule has 544 valence electrons. The van der Waals surface area contributed by atoms with Crippen molar-refractivity contribution < 1.29 is 48.3 Å². The van der Waals surface area contributed by atoms with Gasteiger partial charge in [0, 0.05) is 39.9 Å². The van der Waals surface area contributed by atoms with Gasteiger partial charge < -0.3 is 39.0 Å². The Kier molecular flexibility index (Phi) is 75.7. The Labute approximate surface area is 578 Å². The maximum atomic E-state index is 12.5. The van der Waals surface area contributed by atoms with Gasteiger partial charge in [0.1, 0.15) is 12.2 Å². The number of allylic oxidation sites excluding steroid dienone is 16. The second-order valence-corrected chi connectivity index (χ2v) is 26.2. The van der Waals surface area contributed by atoms with Gasteiger partial charge in [0.15, 0.2) is 0 Å². The average molecular weight is 1320 g/mol. The molecule has 0 atom stereocenters. The molecule has 0 aliphatic carbocycles. The Morgan fingerprint density at radius 3 is 0.755 bits per heavy atom. The molecule has 0 unspecified atom stereocenters. The number of aliphatic hydroxyl groups excluding tert-OH is 2. The van der Waals surface area contributed by atoms with Crippen molar-refractivity contribution in [1.29, 1.82) is 0 Å². The maximum absolute atomic E-state index is 12.5. The van der Waals surface area contributed by atoms with Crippen molar-refractivity contribution >= 4 is 23.9 Å². The zero-order valence-corrected chi connectivity index (χ0v) is 61.6. The van der Waals surface area contributed by atoms with Gasteiger partial charge in [0.25, 0.3) is 0 Å². The van der Waals surface area contributed by atoms with Crippen LogP contribution in [0, 0.1) is 0 Å². The largest absolute Gasteiger partial charge is 0.466 e. The van der Waals surface area contributed by atoms with E-state index in [0.717, 1.165) is 167 Å². The molecule has 0 aromatic rings. The van der Waals surface area contributed by atoms with E-state index in [1.807, 2.05) is 28.2 Å². The van der Waals surface area contributed by atoms with Crippen LogP contribution in [0.25, 0.3) is 0 Å². The third-order valence-corrected chi connectivity index (χ3v) is 16.3. The number of rotatable bonds is 68. The summed E-state index contributed by atoms with van der Waals surface area (Å²) < 4.78 is 21.8. The van der Waals surface area contributed by atoms with Gasteiger partial charge in [-0.1, -0.05) is 200 Å². The lowest BCUT2D eigenvalue weighted by Crippen LogP contribution is -2.20. The number of nitrogens with zero attached hydrogens (tertiary/aromatic N) is 2. The Bertz CT molecular complexity index is 1800. The lowest BCUT2D eigenvalue weighted by Gasteiger charge is -2.18. The van der Waals surface area contributed by atoms with E-state index < -0.39 is 0 Å². The molecule has 12 heteroatoms. The molecule has 0 radical (unpaired) electrons. The van der Waals surface area contributed by atoms with Crippen molar-refractivity contribution in [2.75, 3.05) is 67.7 Å². The van der Waals surface area contributed by atoms with Crippen LogP contribution in [-0.4, -0.2) is 124 Å². The van der Waals surface area contributed by atoms with E-state index in [2.05, 4.69) is 107 Å². The van der Waals surface area contributed by atoms with E-state index in [9.17, 15) is 19.2 Å². The van der Waals surface area contributed by atoms with E-state index in [4.69, 9.17) is 29.2 Å². The van der Waals surface area contributed by atoms with Crippen LogP contribution >= 0.6 is 0 Å². The monoisotopic (exact) mass is 1320 g/mol. The highest BCUT2D eigenvalue weighted by molar-refractivity contribution is 5.70. The third kappa shape index (κ3) is 81.9. The van der Waals surface area contributed by atoms with E-state index in [1.54, 1.807) is 0 Å². The number of hydrogen-bond acceptors (Lipinski definition) is 12. The van der Waals surface area contributed by atoms with Crippen molar-refractivity contribution in [2.24, 2.45) is 0 Å². The van der Waals surface area contributed by atoms with Crippen LogP contribution in [0.1, 0.15) is 322 Å². The first kappa shape index (κ1) is 91.7. The minimum atomic E-state index is -0.206. The summed E-state index contributed by atoms with van der Waals surface area (Å²) in [4.78, 5) is 50.7. The molecule has 0 aromatic heterocycles. The minimum Gasteiger partial charge on any atom is -0.466 e. The maximum Gasteiger partial charge on any atom is 0.306 e. The third-order valence-electron chi connectivity index (χ3n) is 16.3. The molecule has 0 bridgehead atoms. The topological polar surface area (TPSA) is 152 Å². The molecule has 0 fully saturated rings. The van der Waals surface area contributed by atoms with Crippen LogP contribution in [0.3, 0.4) is 0 Å². The summed E-state index contributed by atoms with van der Waals surface area (Å²) >= 11 is 0. The molecule has 94 heavy (non-hydrogen) atoms. The van der Waals surface area contributed by atoms with Gasteiger partial charge in [-0.15, -0.1) is 0 Å². The van der Waals surface area contributed by atoms with Crippen LogP contribution in [0.5, 0.6) is 0 Å². The van der Waals surface area contributed by atoms with E-state index in [-0.39, 0.29) is 49.3 Å². The normalized spacial score (nSPS) is 12.2. The summed E-state index contributed by atoms with van der Waals surface area (Å²) in [5.41, 5.74) is 0. The van der Waals surface area contributed by atoms with Crippen molar-refractivity contribution in [3.63, 3.8) is 0 Å². The molecule has 0 saturated carbocycles. The van der Waals surface area contributed by atoms with Crippen LogP contribution in [0.4, 0.5) is 0 Å². The molecule has 0 aliphatic heterocycles. The van der Waals surface area contributed by atoms with Gasteiger partial charge in [-0.3, -0.25) is 19.2 Å². The summed E-state index contributed by atoms with van der Waals surface area (Å²) in [6.07, 6.45) is 88.2. The molecule has 0 aliphatic rings. The fraction of sp³-hybridized carbons (Fsp3) is 0.756. The molecule has 2 N–H and O–H groups in total. The molecule has 12 nitrogen and oxygen atoms in total. The first-order valence-electron chi connectivity index (χ1n) is 38.3. The molecule has 0 aromatic carbocycles. The molecular weight excluding hydrogens is 1170 g/mol. The van der Waals surface area contributed by atoms with Crippen LogP contribution in [0.15, 0.2) is 97.2 Å². The standard InChI is InChI=1S/C43H75NO6.C39H71NO4/c1-40(45)48-38-31-27-23-19-15-11-7-5-9-13-17-21-25-29-34-42(50-43(47)36-33-37-44(3)4)35-30-26-22-18-14-10-6-8-12-16-20-24-28-32-39-49-41(2)46;1-40(2)35-31-34-39(43)44-38(32-27-23-19-15-11-7-3-5-9-13-17-21-25-29-36-41)33-28-24-20-16-12-8-4-6-10-14-18-22-26-30-37-42/h7-8,11-12,19-20,23-24,42H,5-6,9-10,13-18,21-22,25-39H2,1-4H3;5-6,9-10,17-18,21-22,38,41-42H,3-4,7-8,11-16,19-20,23-37H2,1-2H3/b11-7-,12-8-,23-19-,24-20-;9-5-,10-6-,21-17-,22-18-. The highest BCUT2D eigenvalue weighted by Gasteiger charge is 2.16. The number of ether oxygens (including phenoxy) is 4. The number of aliphatic hydroxyl groups is 2. The van der Waals surface area contributed by atoms with Gasteiger partial charge in [-0.2, -0.15) is 0 Å². The van der Waals surface area contributed by atoms with Gasteiger partial charge in [0.2, 0.25) is 0 Å². The first-order valence-corrected chi connectivity index (χ1v) is 38.3. The zero-order valence-electron chi connectivity index (χ0n) is 61.6. The van der Waals surface area contributed by atoms with Crippen molar-refractivity contribution in [3.8, 4) is 0 Å². The quantitative estimate of drug-likeness (QED) is 0.0258. The van der Waals surface area contributed by atoms with Gasteiger partial charge >= 0.3 is 23.9 Å². The minimum absolute atomic E-state index is 0.0146. The lowest BCUT2D eigenvalue weighted by molar-refractivity contribution is -0.151. The lowest BCUT2D eigenvalue weighted by atomic mass is 10.0. The molecule has 0 heterocycles. The van der Waals surface area contributed by atoms with E-state index in [1.165, 1.54) is 155 Å². The van der Waals surface area contributed by atoms with Crippen molar-refractivity contribution in [1.82, 2.24) is 9.80 Å². The SMILES string of the molecule is CC(=O)OCCC/C=C\C/C=C\CCCCCCCCC(CCCCCCCC/C=C\C/C=C\CCCOC(C)=O)OC(=O)CCCN(C)C.CN(C)CCCC(=O)OC(CCCCCCCC/C=C\C/C=C\CCCO)CCCCCCCC/C=C\C/C=C\CCCO. The van der Waals surface area contributed by atoms with E-state index in [0.29, 0.717) is 26.1 Å². The van der Waals surface area contributed by atoms with Crippen LogP contribution in [0.2, 0.25) is 0 Å². The highest BCUT2D eigenvalue weighted by Crippen LogP contribution is 2.21. The number of hydrogen-bond donors (Lipinski definition) is 2. The van der Waals surface area contributed by atoms with E-state index >= 15 is 0 Å². The van der Waals surface area contributed by atoms with Gasteiger partial charge in [0.05, 0.1) is 13.2 Å². The molecular formula is C82H146N2O10. The molecule has 0 rings (SSSR count). The van der Waals surface area contributed by atoms with Crippen LogP contribution < -0.4 is 0 Å². The molecule has 0 amide bonds. The average Bonchev–Trinajstić information content (AvgIpc) is 3.71. The summed E-state index contributed by atoms with van der Waals surface area (Å²) in [5.74, 6) is -0.452. The fourth-order valence-corrected chi connectivity index (χ4v) is 10.7. The van der Waals surface area contributed by atoms with Crippen LogP contribution in [-0.2, 0) is 38.1 Å². The number of esters is 4. The van der Waals surface area contributed by atoms with Gasteiger partial charge in [-0.05, 0) is 234 Å². The van der Waals surface area contributed by atoms with Gasteiger partial charge in [-0.25, -0.2) is 0 Å². The number of carbonyl (C=O) groups excluding carboxylic acids is 4. The summed E-state index contributed by atoms with van der Waals surface area (Å²) in [7, 11) is 8.18. The highest BCUT2D eigenvalue weighted by atomic mass is 16.6. The Morgan fingerprint density at radius 1 is 0.298 bits per heavy atom. The Balaban J connectivity index is 0. The molecule has 0 spiro atoms. The number of unbranched alkanes of at least 4 members (excludes halogenated alkanes) is 28. The first-order chi connectivity index (χ1) is 45.9. The van der Waals surface area contributed by atoms with Crippen molar-refractivity contribution in [2.45, 2.75) is 334 Å². The predicted molar refractivity (Wildman–Crippen MR) is 399 cm³/mol. The Morgan fingerprint density at radius 2 is 0.521 bits per heavy atom. The second-order valence-electron chi connectivity index (χ2n) is 26.2. The van der Waals surface area contributed by atoms with Crippen molar-refractivity contribution in [3.05, 3.63) is 97.2 Å².